The summed E-state index contributed by atoms with van der Waals surface area (Å²) in [6, 6.07) is 13.5. The predicted octanol–water partition coefficient (Wildman–Crippen LogP) is 3.82. The van der Waals surface area contributed by atoms with Crippen LogP contribution in [0.1, 0.15) is 20.8 Å². The maximum Gasteiger partial charge on any atom is 0.441 e. The number of anilines is 4. The minimum absolute atomic E-state index is 0.103. The number of hydrogen-bond acceptors (Lipinski definition) is 9. The lowest BCUT2D eigenvalue weighted by Crippen LogP contribution is -2.21. The fourth-order valence-electron chi connectivity index (χ4n) is 3.10. The van der Waals surface area contributed by atoms with E-state index in [1.54, 1.807) is 43.5 Å². The van der Waals surface area contributed by atoms with Gasteiger partial charge in [0.15, 0.2) is 0 Å². The summed E-state index contributed by atoms with van der Waals surface area (Å²) in [5, 5.41) is 18.5. The van der Waals surface area contributed by atoms with Gasteiger partial charge in [-0.2, -0.15) is 4.98 Å². The quantitative estimate of drug-likeness (QED) is 0.269. The van der Waals surface area contributed by atoms with E-state index in [1.165, 1.54) is 6.92 Å². The van der Waals surface area contributed by atoms with E-state index in [2.05, 4.69) is 30.3 Å². The fraction of sp³-hybridized carbons (Fsp3) is 0.250. The normalized spacial score (nSPS) is 12.4. The van der Waals surface area contributed by atoms with Crippen molar-refractivity contribution in [3.8, 4) is 11.1 Å². The maximum atomic E-state index is 12.2. The highest BCUT2D eigenvalue weighted by Gasteiger charge is 2.13. The third kappa shape index (κ3) is 7.48. The molecule has 0 aliphatic rings. The second kappa shape index (κ2) is 12.6. The molecule has 0 fully saturated rings. The van der Waals surface area contributed by atoms with Gasteiger partial charge in [-0.3, -0.25) is 4.79 Å². The van der Waals surface area contributed by atoms with E-state index in [-0.39, 0.29) is 31.1 Å². The Balaban J connectivity index is 1.86. The topological polar surface area (TPSA) is 155 Å². The molecular weight excluding hydrogens is 484 g/mol. The van der Waals surface area contributed by atoms with E-state index < -0.39 is 16.7 Å². The van der Waals surface area contributed by atoms with E-state index >= 15 is 0 Å². The molecule has 12 heteroatoms. The minimum Gasteiger partial charge on any atom is -0.448 e. The molecule has 3 rings (SSSR count). The average molecular weight is 513 g/mol. The summed E-state index contributed by atoms with van der Waals surface area (Å²) in [4.78, 5) is 32.2. The van der Waals surface area contributed by atoms with Crippen LogP contribution in [0.4, 0.5) is 27.9 Å². The molecule has 2 aromatic carbocycles. The van der Waals surface area contributed by atoms with E-state index in [4.69, 9.17) is 4.74 Å². The Morgan fingerprint density at radius 2 is 1.92 bits per heavy atom. The highest BCUT2D eigenvalue weighted by Crippen LogP contribution is 2.30. The predicted molar refractivity (Wildman–Crippen MR) is 139 cm³/mol. The lowest BCUT2D eigenvalue weighted by Gasteiger charge is -2.17. The molecule has 1 aromatic heterocycles. The number of amides is 2. The van der Waals surface area contributed by atoms with Crippen LogP contribution < -0.4 is 16.0 Å². The second-order valence-corrected chi connectivity index (χ2v) is 8.95. The molecule has 3 aromatic rings. The summed E-state index contributed by atoms with van der Waals surface area (Å²) >= 11 is 0. The van der Waals surface area contributed by atoms with Gasteiger partial charge in [-0.25, -0.2) is 14.0 Å². The molecule has 4 N–H and O–H groups in total. The summed E-state index contributed by atoms with van der Waals surface area (Å²) in [7, 11) is -2.27. The number of carbonyl (C=O) groups excluding carboxylic acids is 2. The van der Waals surface area contributed by atoms with Gasteiger partial charge in [0.1, 0.15) is 5.82 Å². The van der Waals surface area contributed by atoms with Crippen molar-refractivity contribution in [2.45, 2.75) is 31.7 Å². The Labute approximate surface area is 210 Å². The van der Waals surface area contributed by atoms with Crippen LogP contribution in [0.3, 0.4) is 0 Å². The average Bonchev–Trinajstić information content (AvgIpc) is 2.84. The molecule has 1 unspecified atom stereocenters. The van der Waals surface area contributed by atoms with Crippen molar-refractivity contribution in [2.24, 2.45) is 4.36 Å². The molecule has 11 nitrogen and oxygen atoms in total. The van der Waals surface area contributed by atoms with Crippen molar-refractivity contribution >= 4 is 45.7 Å². The molecule has 190 valence electrons. The van der Waals surface area contributed by atoms with Crippen molar-refractivity contribution in [1.29, 1.82) is 0 Å². The zero-order valence-electron chi connectivity index (χ0n) is 20.1. The Bertz CT molecular complexity index is 1310. The summed E-state index contributed by atoms with van der Waals surface area (Å²) in [5.41, 5.74) is 2.72. The highest BCUT2D eigenvalue weighted by atomic mass is 32.2. The van der Waals surface area contributed by atoms with Crippen molar-refractivity contribution in [1.82, 2.24) is 9.97 Å². The maximum absolute atomic E-state index is 12.2. The molecule has 2 amide bonds. The number of aliphatic hydroxyl groups excluding tert-OH is 1. The molecule has 0 saturated carbocycles. The van der Waals surface area contributed by atoms with Crippen molar-refractivity contribution in [3.05, 3.63) is 54.7 Å². The third-order valence-corrected chi connectivity index (χ3v) is 5.81. The number of benzene rings is 2. The van der Waals surface area contributed by atoms with Gasteiger partial charge in [-0.15, -0.1) is 4.36 Å². The molecule has 0 bridgehead atoms. The van der Waals surface area contributed by atoms with E-state index in [1.807, 2.05) is 25.1 Å². The van der Waals surface area contributed by atoms with Gasteiger partial charge in [0.25, 0.3) is 0 Å². The van der Waals surface area contributed by atoms with Crippen molar-refractivity contribution in [2.75, 3.05) is 29.2 Å². The summed E-state index contributed by atoms with van der Waals surface area (Å²) < 4.78 is 20.4. The molecule has 36 heavy (non-hydrogen) atoms. The SMILES string of the molecule is CCOC(=O)/N=[SH](=O)/c1ccc(Nc2ncc(-c3cccc(NC(C)=O)c3)c(N[C@H](C)CO)n2)cc1. The smallest absolute Gasteiger partial charge is 0.441 e. The van der Waals surface area contributed by atoms with Crippen LogP contribution in [0.5, 0.6) is 0 Å². The molecule has 0 spiro atoms. The second-order valence-electron chi connectivity index (χ2n) is 7.69. The summed E-state index contributed by atoms with van der Waals surface area (Å²) in [6.45, 7) is 4.94. The summed E-state index contributed by atoms with van der Waals surface area (Å²) in [5.74, 6) is 0.597. The van der Waals surface area contributed by atoms with Gasteiger partial charge in [0, 0.05) is 41.0 Å². The number of thiol groups is 1. The monoisotopic (exact) mass is 512 g/mol. The largest absolute Gasteiger partial charge is 0.448 e. The number of aliphatic hydroxyl groups is 1. The first-order valence-corrected chi connectivity index (χ1v) is 12.4. The van der Waals surface area contributed by atoms with Crippen LogP contribution in [0.2, 0.25) is 0 Å². The molecular formula is C24H28N6O5S. The fourth-order valence-corrected chi connectivity index (χ4v) is 3.82. The lowest BCUT2D eigenvalue weighted by molar-refractivity contribution is -0.114. The molecule has 0 aliphatic heterocycles. The standard InChI is InChI=1S/C24H28N6O5S/c1-4-35-24(33)30-36(34)20-10-8-18(9-11-20)28-23-25-13-21(22(29-23)26-15(2)14-31)17-6-5-7-19(12-17)27-16(3)32/h5-13,15,31,36H,4,14H2,1-3H3,(H,27,32)(H2,25,26,28,29)/t15-/m1/s1. The number of hydrogen-bond donors (Lipinski definition) is 5. The van der Waals surface area contributed by atoms with Gasteiger partial charge in [0.05, 0.1) is 23.8 Å². The van der Waals surface area contributed by atoms with Gasteiger partial charge in [-0.1, -0.05) is 12.1 Å². The number of ether oxygens (including phenoxy) is 1. The number of nitrogens with zero attached hydrogens (tertiary/aromatic N) is 3. The Morgan fingerprint density at radius 1 is 1.17 bits per heavy atom. The number of carbonyl (C=O) groups is 2. The molecule has 1 heterocycles. The highest BCUT2D eigenvalue weighted by molar-refractivity contribution is 7.75. The van der Waals surface area contributed by atoms with E-state index in [9.17, 15) is 18.9 Å². The first-order valence-electron chi connectivity index (χ1n) is 11.1. The first-order chi connectivity index (χ1) is 17.3. The van der Waals surface area contributed by atoms with Crippen LogP contribution >= 0.6 is 0 Å². The summed E-state index contributed by atoms with van der Waals surface area (Å²) in [6.07, 6.45) is 0.770. The Hall–Kier alpha value is -4.03. The van der Waals surface area contributed by atoms with E-state index in [0.717, 1.165) is 5.56 Å². The van der Waals surface area contributed by atoms with Crippen LogP contribution in [-0.4, -0.2) is 50.5 Å². The molecule has 0 saturated heterocycles. The Morgan fingerprint density at radius 3 is 2.58 bits per heavy atom. The van der Waals surface area contributed by atoms with Crippen LogP contribution in [0.15, 0.2) is 64.0 Å². The van der Waals surface area contributed by atoms with Crippen LogP contribution in [0, 0.1) is 0 Å². The first kappa shape index (κ1) is 26.6. The lowest BCUT2D eigenvalue weighted by atomic mass is 10.1. The molecule has 2 atom stereocenters. The van der Waals surface area contributed by atoms with Gasteiger partial charge in [0.2, 0.25) is 11.9 Å². The molecule has 0 radical (unpaired) electrons. The number of nitrogens with one attached hydrogen (secondary N) is 3. The Kier molecular flexibility index (Phi) is 9.31. The number of rotatable bonds is 9. The van der Waals surface area contributed by atoms with Gasteiger partial charge in [-0.05, 0) is 55.8 Å². The van der Waals surface area contributed by atoms with Crippen molar-refractivity contribution < 1.29 is 23.6 Å². The van der Waals surface area contributed by atoms with Gasteiger partial charge < -0.3 is 25.8 Å². The zero-order chi connectivity index (χ0) is 26.1. The van der Waals surface area contributed by atoms with E-state index in [0.29, 0.717) is 27.7 Å². The van der Waals surface area contributed by atoms with Crippen LogP contribution in [0.25, 0.3) is 11.1 Å². The zero-order valence-corrected chi connectivity index (χ0v) is 21.0. The van der Waals surface area contributed by atoms with Gasteiger partial charge >= 0.3 is 6.09 Å². The third-order valence-electron chi connectivity index (χ3n) is 4.72. The minimum atomic E-state index is -2.27. The van der Waals surface area contributed by atoms with Crippen LogP contribution in [-0.2, 0) is 20.1 Å². The van der Waals surface area contributed by atoms with Crippen molar-refractivity contribution in [3.63, 3.8) is 0 Å². The number of aromatic nitrogens is 2. The molecule has 0 aliphatic carbocycles.